The molecule has 0 radical (unpaired) electrons. The first-order valence-corrected chi connectivity index (χ1v) is 14.3. The molecule has 0 bridgehead atoms. The molecule has 2 aliphatic carbocycles. The van der Waals surface area contributed by atoms with E-state index in [1.807, 2.05) is 6.20 Å². The molecule has 0 atom stereocenters. The van der Waals surface area contributed by atoms with Crippen molar-refractivity contribution >= 4 is 17.5 Å². The fourth-order valence-corrected chi connectivity index (χ4v) is 6.34. The van der Waals surface area contributed by atoms with Gasteiger partial charge in [-0.2, -0.15) is 18.2 Å². The minimum absolute atomic E-state index is 0.208. The van der Waals surface area contributed by atoms with Crippen LogP contribution in [-0.4, -0.2) is 51.8 Å². The molecular weight excluding hydrogens is 491 g/mol. The molecule has 2 aromatic rings. The molecule has 5 rings (SSSR count). The number of anilines is 3. The van der Waals surface area contributed by atoms with Gasteiger partial charge in [-0.05, 0) is 94.5 Å². The Morgan fingerprint density at radius 2 is 1.68 bits per heavy atom. The van der Waals surface area contributed by atoms with Crippen LogP contribution in [0.4, 0.5) is 30.6 Å². The van der Waals surface area contributed by atoms with Crippen LogP contribution in [0.15, 0.2) is 30.5 Å². The van der Waals surface area contributed by atoms with Crippen molar-refractivity contribution in [3.63, 3.8) is 0 Å². The lowest BCUT2D eigenvalue weighted by molar-refractivity contribution is -0.137. The van der Waals surface area contributed by atoms with Crippen LogP contribution in [-0.2, 0) is 6.18 Å². The molecule has 0 spiro atoms. The number of halogens is 3. The molecule has 1 aliphatic heterocycles. The molecule has 9 heteroatoms. The molecule has 0 unspecified atom stereocenters. The third-order valence-corrected chi connectivity index (χ3v) is 8.57. The van der Waals surface area contributed by atoms with E-state index >= 15 is 0 Å². The maximum absolute atomic E-state index is 13.2. The van der Waals surface area contributed by atoms with Gasteiger partial charge in [0.25, 0.3) is 0 Å². The molecule has 2 saturated carbocycles. The predicted molar refractivity (Wildman–Crippen MR) is 144 cm³/mol. The summed E-state index contributed by atoms with van der Waals surface area (Å²) in [5, 5.41) is 16.5. The summed E-state index contributed by atoms with van der Waals surface area (Å²) < 4.78 is 39.6. The molecule has 2 heterocycles. The van der Waals surface area contributed by atoms with Gasteiger partial charge in [0.05, 0.1) is 11.7 Å². The van der Waals surface area contributed by atoms with Crippen LogP contribution in [0.5, 0.6) is 0 Å². The van der Waals surface area contributed by atoms with Gasteiger partial charge in [0, 0.05) is 30.0 Å². The van der Waals surface area contributed by atoms with E-state index in [4.69, 9.17) is 4.98 Å². The second-order valence-corrected chi connectivity index (χ2v) is 11.4. The van der Waals surface area contributed by atoms with Crippen LogP contribution in [0.25, 0.3) is 0 Å². The summed E-state index contributed by atoms with van der Waals surface area (Å²) in [6, 6.07) is 5.31. The Labute approximate surface area is 223 Å². The van der Waals surface area contributed by atoms with Gasteiger partial charge in [0.15, 0.2) is 0 Å². The number of hydrogen-bond donors (Lipinski definition) is 3. The third kappa shape index (κ3) is 7.17. The number of piperidine rings is 1. The van der Waals surface area contributed by atoms with Gasteiger partial charge in [-0.3, -0.25) is 0 Å². The standard InChI is InChI=1S/C29H40F3N5O/c30-29(31,32)22-7-4-8-24(17-22)35-28-33-18-26(27(36-28)34-23-9-11-25(38)12-10-23)21-13-15-37(16-14-21)19-20-5-2-1-3-6-20/h4,7-8,17-18,20-21,23,25,38H,1-3,5-6,9-16,19H2,(H2,33,34,35,36). The number of benzene rings is 1. The Bertz CT molecular complexity index is 1040. The Morgan fingerprint density at radius 1 is 0.947 bits per heavy atom. The summed E-state index contributed by atoms with van der Waals surface area (Å²) in [5.41, 5.74) is 0.677. The first kappa shape index (κ1) is 27.2. The molecule has 3 N–H and O–H groups in total. The summed E-state index contributed by atoms with van der Waals surface area (Å²) >= 11 is 0. The average Bonchev–Trinajstić information content (AvgIpc) is 2.91. The zero-order chi connectivity index (χ0) is 26.5. The summed E-state index contributed by atoms with van der Waals surface area (Å²) in [4.78, 5) is 11.9. The Hall–Kier alpha value is -2.39. The van der Waals surface area contributed by atoms with Crippen LogP contribution >= 0.6 is 0 Å². The molecule has 3 aliphatic rings. The molecule has 3 fully saturated rings. The van der Waals surface area contributed by atoms with Crippen molar-refractivity contribution in [2.45, 2.75) is 94.9 Å². The van der Waals surface area contributed by atoms with Crippen molar-refractivity contribution in [2.75, 3.05) is 30.3 Å². The van der Waals surface area contributed by atoms with Crippen molar-refractivity contribution in [2.24, 2.45) is 5.92 Å². The first-order chi connectivity index (χ1) is 18.3. The van der Waals surface area contributed by atoms with Gasteiger partial charge >= 0.3 is 6.18 Å². The number of nitrogens with one attached hydrogen (secondary N) is 2. The fourth-order valence-electron chi connectivity index (χ4n) is 6.34. The van der Waals surface area contributed by atoms with Crippen LogP contribution < -0.4 is 10.6 Å². The van der Waals surface area contributed by atoms with Crippen molar-refractivity contribution in [1.29, 1.82) is 0 Å². The highest BCUT2D eigenvalue weighted by Crippen LogP contribution is 2.36. The van der Waals surface area contributed by atoms with Crippen molar-refractivity contribution < 1.29 is 18.3 Å². The number of likely N-dealkylation sites (tertiary alicyclic amines) is 1. The Balaban J connectivity index is 1.30. The summed E-state index contributed by atoms with van der Waals surface area (Å²) in [6.45, 7) is 3.35. The highest BCUT2D eigenvalue weighted by Gasteiger charge is 2.31. The molecule has 1 aromatic heterocycles. The summed E-state index contributed by atoms with van der Waals surface area (Å²) in [7, 11) is 0. The highest BCUT2D eigenvalue weighted by molar-refractivity contribution is 5.58. The number of alkyl halides is 3. The monoisotopic (exact) mass is 531 g/mol. The largest absolute Gasteiger partial charge is 0.416 e. The SMILES string of the molecule is OC1CCC(Nc2nc(Nc3cccc(C(F)(F)F)c3)ncc2C2CCN(CC3CCCCC3)CC2)CC1. The highest BCUT2D eigenvalue weighted by atomic mass is 19.4. The van der Waals surface area contributed by atoms with Gasteiger partial charge in [-0.1, -0.05) is 25.3 Å². The van der Waals surface area contributed by atoms with E-state index in [-0.39, 0.29) is 18.1 Å². The van der Waals surface area contributed by atoms with E-state index in [2.05, 4.69) is 20.5 Å². The minimum Gasteiger partial charge on any atom is -0.393 e. The topological polar surface area (TPSA) is 73.3 Å². The molecule has 38 heavy (non-hydrogen) atoms. The van der Waals surface area contributed by atoms with Gasteiger partial charge in [-0.25, -0.2) is 4.98 Å². The van der Waals surface area contributed by atoms with Crippen molar-refractivity contribution in [3.05, 3.63) is 41.6 Å². The van der Waals surface area contributed by atoms with E-state index in [0.717, 1.165) is 81.0 Å². The Kier molecular flexibility index (Phi) is 8.73. The average molecular weight is 532 g/mol. The van der Waals surface area contributed by atoms with Gasteiger partial charge in [-0.15, -0.1) is 0 Å². The number of aromatic nitrogens is 2. The number of hydrogen-bond acceptors (Lipinski definition) is 6. The zero-order valence-electron chi connectivity index (χ0n) is 22.0. The second kappa shape index (κ2) is 12.2. The third-order valence-electron chi connectivity index (χ3n) is 8.57. The quantitative estimate of drug-likeness (QED) is 0.369. The predicted octanol–water partition coefficient (Wildman–Crippen LogP) is 6.71. The maximum atomic E-state index is 13.2. The number of nitrogens with zero attached hydrogens (tertiary/aromatic N) is 3. The van der Waals surface area contributed by atoms with Crippen LogP contribution in [0, 0.1) is 5.92 Å². The lowest BCUT2D eigenvalue weighted by Gasteiger charge is -2.36. The van der Waals surface area contributed by atoms with Crippen molar-refractivity contribution in [1.82, 2.24) is 14.9 Å². The normalized spacial score (nSPS) is 24.3. The fraction of sp³-hybridized carbons (Fsp3) is 0.655. The lowest BCUT2D eigenvalue weighted by atomic mass is 9.86. The summed E-state index contributed by atoms with van der Waals surface area (Å²) in [5.74, 6) is 2.23. The number of aliphatic hydroxyl groups is 1. The van der Waals surface area contributed by atoms with Crippen LogP contribution in [0.2, 0.25) is 0 Å². The maximum Gasteiger partial charge on any atom is 0.416 e. The van der Waals surface area contributed by atoms with Gasteiger partial charge in [0.1, 0.15) is 5.82 Å². The van der Waals surface area contributed by atoms with E-state index in [1.165, 1.54) is 44.7 Å². The van der Waals surface area contributed by atoms with Gasteiger partial charge in [0.2, 0.25) is 5.95 Å². The number of rotatable bonds is 7. The number of aliphatic hydroxyl groups excluding tert-OH is 1. The smallest absolute Gasteiger partial charge is 0.393 e. The molecule has 1 aromatic carbocycles. The molecule has 6 nitrogen and oxygen atoms in total. The van der Waals surface area contributed by atoms with Crippen LogP contribution in [0.1, 0.15) is 87.7 Å². The second-order valence-electron chi connectivity index (χ2n) is 11.4. The molecule has 208 valence electrons. The molecular formula is C29H40F3N5O. The van der Waals surface area contributed by atoms with Crippen molar-refractivity contribution in [3.8, 4) is 0 Å². The minimum atomic E-state index is -4.41. The van der Waals surface area contributed by atoms with Crippen LogP contribution in [0.3, 0.4) is 0 Å². The van der Waals surface area contributed by atoms with E-state index < -0.39 is 11.7 Å². The van der Waals surface area contributed by atoms with E-state index in [0.29, 0.717) is 11.6 Å². The van der Waals surface area contributed by atoms with E-state index in [9.17, 15) is 18.3 Å². The summed E-state index contributed by atoms with van der Waals surface area (Å²) in [6.07, 6.45) is 9.37. The molecule has 0 amide bonds. The molecule has 1 saturated heterocycles. The zero-order valence-corrected chi connectivity index (χ0v) is 22.0. The van der Waals surface area contributed by atoms with E-state index in [1.54, 1.807) is 6.07 Å². The lowest BCUT2D eigenvalue weighted by Crippen LogP contribution is -2.37. The van der Waals surface area contributed by atoms with Gasteiger partial charge < -0.3 is 20.6 Å². The Morgan fingerprint density at radius 3 is 2.39 bits per heavy atom. The first-order valence-electron chi connectivity index (χ1n) is 14.3.